The lowest BCUT2D eigenvalue weighted by Crippen LogP contribution is -2.23. The van der Waals surface area contributed by atoms with E-state index in [0.717, 1.165) is 16.2 Å². The Labute approximate surface area is 109 Å². The number of ketones is 1. The molecule has 0 aromatic heterocycles. The Morgan fingerprint density at radius 1 is 0.889 bits per heavy atom. The molecule has 0 spiro atoms. The van der Waals surface area contributed by atoms with E-state index in [0.29, 0.717) is 0 Å². The maximum Gasteiger partial charge on any atom is 0.185 e. The minimum Gasteiger partial charge on any atom is -0.292 e. The van der Waals surface area contributed by atoms with Crippen LogP contribution in [0.2, 0.25) is 0 Å². The van der Waals surface area contributed by atoms with Crippen LogP contribution < -0.4 is 5.22 Å². The predicted molar refractivity (Wildman–Crippen MR) is 75.1 cm³/mol. The second-order valence-corrected chi connectivity index (χ2v) is 5.13. The van der Waals surface area contributed by atoms with Gasteiger partial charge >= 0.3 is 0 Å². The van der Waals surface area contributed by atoms with Crippen molar-refractivity contribution in [3.05, 3.63) is 53.2 Å². The molecule has 1 nitrogen and oxygen atoms in total. The van der Waals surface area contributed by atoms with Crippen molar-refractivity contribution in [3.63, 3.8) is 0 Å². The number of benzene rings is 3. The quantitative estimate of drug-likeness (QED) is 0.561. The second-order valence-electron chi connectivity index (χ2n) is 4.65. The molecule has 1 aliphatic carbocycles. The molecule has 1 atom stereocenters. The van der Waals surface area contributed by atoms with Crippen molar-refractivity contribution in [1.82, 2.24) is 0 Å². The van der Waals surface area contributed by atoms with Gasteiger partial charge in [0, 0.05) is 10.9 Å². The van der Waals surface area contributed by atoms with Crippen LogP contribution in [0, 0.1) is 0 Å². The summed E-state index contributed by atoms with van der Waals surface area (Å²) < 4.78 is 0. The average molecular weight is 253 g/mol. The number of hydrogen-bond acceptors (Lipinski definition) is 1. The largest absolute Gasteiger partial charge is 0.292 e. The van der Waals surface area contributed by atoms with Gasteiger partial charge in [-0.1, -0.05) is 48.5 Å². The van der Waals surface area contributed by atoms with Gasteiger partial charge in [-0.05, 0) is 21.4 Å². The maximum absolute atomic E-state index is 12.1. The molecule has 0 N–H and O–H groups in total. The zero-order valence-corrected chi connectivity index (χ0v) is 10.2. The molecule has 1 unspecified atom stereocenters. The van der Waals surface area contributed by atoms with E-state index >= 15 is 0 Å². The van der Waals surface area contributed by atoms with E-state index in [1.165, 1.54) is 16.2 Å². The summed E-state index contributed by atoms with van der Waals surface area (Å²) in [4.78, 5) is 12.1. The van der Waals surface area contributed by atoms with E-state index in [2.05, 4.69) is 18.2 Å². The van der Waals surface area contributed by atoms with E-state index in [1.54, 1.807) is 0 Å². The molecule has 0 saturated carbocycles. The lowest BCUT2D eigenvalue weighted by Gasteiger charge is -2.16. The lowest BCUT2D eigenvalue weighted by molar-refractivity contribution is 0.100. The van der Waals surface area contributed by atoms with Gasteiger partial charge < -0.3 is 0 Å². The first kappa shape index (κ1) is 10.1. The SMILES string of the molecule is O=C1c2ccc3cccc4ccc(c2c34)=CC1Cl. The Bertz CT molecular complexity index is 848. The first-order valence-electron chi connectivity index (χ1n) is 5.90. The highest BCUT2D eigenvalue weighted by atomic mass is 35.5. The zero-order valence-electron chi connectivity index (χ0n) is 9.48. The summed E-state index contributed by atoms with van der Waals surface area (Å²) in [5, 5.41) is 5.08. The fourth-order valence-corrected chi connectivity index (χ4v) is 3.09. The zero-order chi connectivity index (χ0) is 12.3. The molecule has 3 aromatic rings. The number of alkyl halides is 1. The highest BCUT2D eigenvalue weighted by Gasteiger charge is 2.23. The van der Waals surface area contributed by atoms with Crippen molar-refractivity contribution in [1.29, 1.82) is 0 Å². The van der Waals surface area contributed by atoms with Crippen LogP contribution in [-0.2, 0) is 0 Å². The summed E-state index contributed by atoms with van der Waals surface area (Å²) in [6.07, 6.45) is 1.85. The summed E-state index contributed by atoms with van der Waals surface area (Å²) >= 11 is 6.08. The van der Waals surface area contributed by atoms with Crippen LogP contribution in [0.25, 0.3) is 27.6 Å². The summed E-state index contributed by atoms with van der Waals surface area (Å²) in [6, 6.07) is 14.2. The summed E-state index contributed by atoms with van der Waals surface area (Å²) in [5.41, 5.74) is 0.747. The number of halogens is 1. The van der Waals surface area contributed by atoms with Gasteiger partial charge in [0.15, 0.2) is 5.78 Å². The third-order valence-electron chi connectivity index (χ3n) is 3.65. The van der Waals surface area contributed by atoms with Gasteiger partial charge in [-0.25, -0.2) is 0 Å². The van der Waals surface area contributed by atoms with E-state index in [4.69, 9.17) is 11.6 Å². The van der Waals surface area contributed by atoms with Gasteiger partial charge in [0.25, 0.3) is 0 Å². The molecular formula is C16H9ClO. The van der Waals surface area contributed by atoms with Crippen molar-refractivity contribution in [2.45, 2.75) is 5.38 Å². The molecule has 0 bridgehead atoms. The Morgan fingerprint density at radius 3 is 2.39 bits per heavy atom. The number of carbonyl (C=O) groups is 1. The molecule has 2 heteroatoms. The van der Waals surface area contributed by atoms with Gasteiger partial charge in [0.1, 0.15) is 5.38 Å². The maximum atomic E-state index is 12.1. The van der Waals surface area contributed by atoms with Crippen LogP contribution in [0.1, 0.15) is 10.4 Å². The minimum atomic E-state index is -0.542. The first-order chi connectivity index (χ1) is 8.75. The number of Topliss-reactive ketones (excluding diaryl/α,β-unsaturated/α-hetero) is 1. The van der Waals surface area contributed by atoms with Crippen LogP contribution in [-0.4, -0.2) is 11.2 Å². The van der Waals surface area contributed by atoms with Crippen LogP contribution in [0.4, 0.5) is 0 Å². The number of rotatable bonds is 0. The van der Waals surface area contributed by atoms with Crippen LogP contribution in [0.15, 0.2) is 42.5 Å². The van der Waals surface area contributed by atoms with E-state index < -0.39 is 5.38 Å². The number of hydrogen-bond donors (Lipinski definition) is 0. The average Bonchev–Trinajstić information content (AvgIpc) is 2.40. The molecule has 0 saturated heterocycles. The van der Waals surface area contributed by atoms with Gasteiger partial charge in [-0.3, -0.25) is 4.79 Å². The molecule has 0 heterocycles. The highest BCUT2D eigenvalue weighted by Crippen LogP contribution is 2.30. The molecule has 1 aliphatic rings. The van der Waals surface area contributed by atoms with Crippen molar-refractivity contribution in [2.75, 3.05) is 0 Å². The second kappa shape index (κ2) is 3.33. The van der Waals surface area contributed by atoms with Crippen LogP contribution in [0.5, 0.6) is 0 Å². The molecule has 86 valence electrons. The predicted octanol–water partition coefficient (Wildman–Crippen LogP) is 3.30. The highest BCUT2D eigenvalue weighted by molar-refractivity contribution is 6.40. The van der Waals surface area contributed by atoms with Crippen molar-refractivity contribution in [2.24, 2.45) is 0 Å². The molecule has 4 rings (SSSR count). The molecule has 0 amide bonds. The van der Waals surface area contributed by atoms with Gasteiger partial charge in [0.2, 0.25) is 0 Å². The smallest absolute Gasteiger partial charge is 0.185 e. The Hall–Kier alpha value is -1.86. The first-order valence-corrected chi connectivity index (χ1v) is 6.33. The molecule has 0 fully saturated rings. The van der Waals surface area contributed by atoms with Crippen molar-refractivity contribution >= 4 is 45.0 Å². The Kier molecular flexibility index (Phi) is 1.87. The molecule has 3 aromatic carbocycles. The fourth-order valence-electron chi connectivity index (χ4n) is 2.84. The molecule has 0 aliphatic heterocycles. The van der Waals surface area contributed by atoms with Gasteiger partial charge in [0.05, 0.1) is 0 Å². The van der Waals surface area contributed by atoms with Crippen LogP contribution in [0.3, 0.4) is 0 Å². The van der Waals surface area contributed by atoms with Gasteiger partial charge in [-0.15, -0.1) is 11.6 Å². The topological polar surface area (TPSA) is 17.1 Å². The number of carbonyl (C=O) groups excluding carboxylic acids is 1. The monoisotopic (exact) mass is 252 g/mol. The summed E-state index contributed by atoms with van der Waals surface area (Å²) in [6.45, 7) is 0. The normalized spacial score (nSPS) is 18.3. The van der Waals surface area contributed by atoms with Crippen LogP contribution >= 0.6 is 11.6 Å². The molecule has 18 heavy (non-hydrogen) atoms. The third kappa shape index (κ3) is 1.15. The summed E-state index contributed by atoms with van der Waals surface area (Å²) in [7, 11) is 0. The Balaban J connectivity index is 2.39. The summed E-state index contributed by atoms with van der Waals surface area (Å²) in [5.74, 6) is 0.00224. The minimum absolute atomic E-state index is 0.00224. The van der Waals surface area contributed by atoms with Crippen molar-refractivity contribution in [3.8, 4) is 0 Å². The van der Waals surface area contributed by atoms with E-state index in [1.807, 2.05) is 30.3 Å². The molecule has 0 radical (unpaired) electrons. The van der Waals surface area contributed by atoms with Gasteiger partial charge in [-0.2, -0.15) is 0 Å². The Morgan fingerprint density at radius 2 is 1.61 bits per heavy atom. The van der Waals surface area contributed by atoms with E-state index in [-0.39, 0.29) is 5.78 Å². The fraction of sp³-hybridized carbons (Fsp3) is 0.0625. The third-order valence-corrected chi connectivity index (χ3v) is 3.97. The standard InChI is InChI=1S/C16H9ClO/c17-13-8-11-5-4-9-2-1-3-10-6-7-12(16(13)18)15(11)14(9)10/h1-8,13H. The lowest BCUT2D eigenvalue weighted by atomic mass is 9.89. The molecular weight excluding hydrogens is 244 g/mol. The van der Waals surface area contributed by atoms with Crippen molar-refractivity contribution < 1.29 is 4.79 Å². The van der Waals surface area contributed by atoms with E-state index in [9.17, 15) is 4.79 Å².